The van der Waals surface area contributed by atoms with Gasteiger partial charge in [-0.15, -0.1) is 24.0 Å². The first kappa shape index (κ1) is 26.6. The van der Waals surface area contributed by atoms with Gasteiger partial charge in [0.25, 0.3) is 0 Å². The topological polar surface area (TPSA) is 67.4 Å². The van der Waals surface area contributed by atoms with E-state index in [0.29, 0.717) is 38.6 Å². The predicted molar refractivity (Wildman–Crippen MR) is 126 cm³/mol. The van der Waals surface area contributed by atoms with Crippen LogP contribution in [0.3, 0.4) is 0 Å². The van der Waals surface area contributed by atoms with E-state index in [4.69, 9.17) is 9.47 Å². The molecule has 172 valence electrons. The standard InChI is InChI=1S/C20H32F2N4O3.HI/c1-3-23-20(24-10-6-12-28-14-13-27-2)25-16-9-11-26(15-16)17-7-4-5-8-18(17)29-19(21)22;/h4-5,7-8,16,19H,3,6,9-15H2,1-2H3,(H2,23,24,25);1H. The zero-order valence-electron chi connectivity index (χ0n) is 17.6. The molecular formula is C20H33F2IN4O3. The molecule has 1 unspecified atom stereocenters. The van der Waals surface area contributed by atoms with Crippen molar-refractivity contribution in [2.24, 2.45) is 4.99 Å². The summed E-state index contributed by atoms with van der Waals surface area (Å²) in [5.74, 6) is 0.963. The van der Waals surface area contributed by atoms with Gasteiger partial charge in [-0.25, -0.2) is 0 Å². The highest BCUT2D eigenvalue weighted by atomic mass is 127. The summed E-state index contributed by atoms with van der Waals surface area (Å²) < 4.78 is 40.4. The van der Waals surface area contributed by atoms with E-state index < -0.39 is 6.61 Å². The van der Waals surface area contributed by atoms with Crippen molar-refractivity contribution in [3.63, 3.8) is 0 Å². The molecule has 0 saturated carbocycles. The molecule has 1 aliphatic heterocycles. The van der Waals surface area contributed by atoms with E-state index in [1.54, 1.807) is 19.2 Å². The van der Waals surface area contributed by atoms with Crippen LogP contribution in [0.2, 0.25) is 0 Å². The van der Waals surface area contributed by atoms with Crippen LogP contribution in [-0.4, -0.2) is 71.7 Å². The Balaban J connectivity index is 0.00000450. The third-order valence-electron chi connectivity index (χ3n) is 4.44. The zero-order chi connectivity index (χ0) is 20.9. The van der Waals surface area contributed by atoms with Crippen LogP contribution in [0.5, 0.6) is 5.75 Å². The number of anilines is 1. The number of alkyl halides is 2. The van der Waals surface area contributed by atoms with Gasteiger partial charge in [0.15, 0.2) is 5.96 Å². The molecule has 0 spiro atoms. The van der Waals surface area contributed by atoms with Gasteiger partial charge in [-0.05, 0) is 31.9 Å². The number of halogens is 3. The van der Waals surface area contributed by atoms with Crippen LogP contribution in [0.1, 0.15) is 19.8 Å². The summed E-state index contributed by atoms with van der Waals surface area (Å²) in [5.41, 5.74) is 0.687. The van der Waals surface area contributed by atoms with Crippen LogP contribution in [-0.2, 0) is 9.47 Å². The second kappa shape index (κ2) is 15.4. The Bertz CT molecular complexity index is 625. The Labute approximate surface area is 194 Å². The summed E-state index contributed by atoms with van der Waals surface area (Å²) in [6.45, 7) is 3.88. The number of nitrogens with one attached hydrogen (secondary N) is 2. The van der Waals surface area contributed by atoms with Crippen molar-refractivity contribution in [3.05, 3.63) is 24.3 Å². The van der Waals surface area contributed by atoms with E-state index in [1.807, 2.05) is 19.1 Å². The van der Waals surface area contributed by atoms with E-state index in [-0.39, 0.29) is 35.8 Å². The molecule has 10 heteroatoms. The minimum Gasteiger partial charge on any atom is -0.433 e. The molecule has 1 heterocycles. The van der Waals surface area contributed by atoms with Crippen LogP contribution >= 0.6 is 24.0 Å². The van der Waals surface area contributed by atoms with Gasteiger partial charge in [0.05, 0.1) is 18.9 Å². The number of guanidine groups is 1. The van der Waals surface area contributed by atoms with Gasteiger partial charge in [0, 0.05) is 45.9 Å². The quantitative estimate of drug-likeness (QED) is 0.183. The summed E-state index contributed by atoms with van der Waals surface area (Å²) in [4.78, 5) is 6.65. The largest absolute Gasteiger partial charge is 0.433 e. The number of hydrogen-bond donors (Lipinski definition) is 2. The van der Waals surface area contributed by atoms with Crippen molar-refractivity contribution < 1.29 is 23.0 Å². The molecule has 0 aliphatic carbocycles. The van der Waals surface area contributed by atoms with Crippen molar-refractivity contribution in [1.82, 2.24) is 10.6 Å². The number of hydrogen-bond acceptors (Lipinski definition) is 5. The fraction of sp³-hybridized carbons (Fsp3) is 0.650. The number of nitrogens with zero attached hydrogens (tertiary/aromatic N) is 2. The molecule has 2 N–H and O–H groups in total. The molecule has 0 aromatic heterocycles. The molecule has 7 nitrogen and oxygen atoms in total. The second-order valence-corrected chi connectivity index (χ2v) is 6.64. The van der Waals surface area contributed by atoms with Gasteiger partial charge < -0.3 is 29.7 Å². The third-order valence-corrected chi connectivity index (χ3v) is 4.44. The molecule has 1 fully saturated rings. The summed E-state index contributed by atoms with van der Waals surface area (Å²) >= 11 is 0. The maximum Gasteiger partial charge on any atom is 0.387 e. The van der Waals surface area contributed by atoms with E-state index >= 15 is 0 Å². The lowest BCUT2D eigenvalue weighted by Gasteiger charge is -2.22. The lowest BCUT2D eigenvalue weighted by atomic mass is 10.2. The smallest absolute Gasteiger partial charge is 0.387 e. The van der Waals surface area contributed by atoms with Crippen LogP contribution in [0.15, 0.2) is 29.3 Å². The summed E-state index contributed by atoms with van der Waals surface area (Å²) in [6.07, 6.45) is 1.71. The molecule has 0 bridgehead atoms. The number of rotatable bonds is 12. The Morgan fingerprint density at radius 3 is 2.80 bits per heavy atom. The molecule has 0 amide bonds. The lowest BCUT2D eigenvalue weighted by molar-refractivity contribution is -0.0495. The number of methoxy groups -OCH3 is 1. The number of ether oxygens (including phenoxy) is 3. The van der Waals surface area contributed by atoms with Crippen LogP contribution in [0, 0.1) is 0 Å². The Morgan fingerprint density at radius 1 is 1.27 bits per heavy atom. The third kappa shape index (κ3) is 9.61. The minimum absolute atomic E-state index is 0. The van der Waals surface area contributed by atoms with Gasteiger partial charge in [-0.2, -0.15) is 8.78 Å². The first-order chi connectivity index (χ1) is 14.1. The lowest BCUT2D eigenvalue weighted by Crippen LogP contribution is -2.44. The minimum atomic E-state index is -2.83. The van der Waals surface area contributed by atoms with Crippen molar-refractivity contribution in [1.29, 1.82) is 0 Å². The van der Waals surface area contributed by atoms with Crippen LogP contribution < -0.4 is 20.3 Å². The van der Waals surface area contributed by atoms with E-state index in [2.05, 4.69) is 25.3 Å². The fourth-order valence-electron chi connectivity index (χ4n) is 3.13. The highest BCUT2D eigenvalue weighted by Crippen LogP contribution is 2.31. The molecule has 1 saturated heterocycles. The van der Waals surface area contributed by atoms with Crippen LogP contribution in [0.4, 0.5) is 14.5 Å². The number of benzene rings is 1. The summed E-state index contributed by atoms with van der Waals surface area (Å²) in [6, 6.07) is 7.08. The summed E-state index contributed by atoms with van der Waals surface area (Å²) in [7, 11) is 1.65. The van der Waals surface area contributed by atoms with E-state index in [9.17, 15) is 8.78 Å². The molecule has 0 radical (unpaired) electrons. The SMILES string of the molecule is CCNC(=NCCCOCCOC)NC1CCN(c2ccccc2OC(F)F)C1.I. The van der Waals surface area contributed by atoms with Gasteiger partial charge in [0.1, 0.15) is 5.75 Å². The number of aliphatic imine (C=N–C) groups is 1. The maximum absolute atomic E-state index is 12.7. The van der Waals surface area contributed by atoms with Crippen molar-refractivity contribution in [2.45, 2.75) is 32.4 Å². The van der Waals surface area contributed by atoms with Gasteiger partial charge >= 0.3 is 6.61 Å². The van der Waals surface area contributed by atoms with Gasteiger partial charge in [0.2, 0.25) is 0 Å². The number of para-hydroxylation sites is 2. The van der Waals surface area contributed by atoms with Gasteiger partial charge in [-0.3, -0.25) is 4.99 Å². The van der Waals surface area contributed by atoms with E-state index in [0.717, 1.165) is 31.9 Å². The second-order valence-electron chi connectivity index (χ2n) is 6.64. The monoisotopic (exact) mass is 542 g/mol. The maximum atomic E-state index is 12.7. The Morgan fingerprint density at radius 2 is 2.07 bits per heavy atom. The fourth-order valence-corrected chi connectivity index (χ4v) is 3.13. The highest BCUT2D eigenvalue weighted by Gasteiger charge is 2.26. The molecule has 1 aliphatic rings. The van der Waals surface area contributed by atoms with Crippen molar-refractivity contribution >= 4 is 35.6 Å². The molecule has 2 rings (SSSR count). The molecular weight excluding hydrogens is 509 g/mol. The predicted octanol–water partition coefficient (Wildman–Crippen LogP) is 3.09. The van der Waals surface area contributed by atoms with Crippen molar-refractivity contribution in [2.75, 3.05) is 58.0 Å². The molecule has 1 atom stereocenters. The first-order valence-corrected chi connectivity index (χ1v) is 10.0. The Kier molecular flexibility index (Phi) is 13.7. The molecule has 1 aromatic rings. The zero-order valence-corrected chi connectivity index (χ0v) is 19.9. The Hall–Kier alpha value is -1.40. The highest BCUT2D eigenvalue weighted by molar-refractivity contribution is 14.0. The average Bonchev–Trinajstić information content (AvgIpc) is 3.15. The first-order valence-electron chi connectivity index (χ1n) is 10.0. The normalized spacial score (nSPS) is 16.5. The van der Waals surface area contributed by atoms with Crippen LogP contribution in [0.25, 0.3) is 0 Å². The average molecular weight is 542 g/mol. The molecule has 30 heavy (non-hydrogen) atoms. The molecule has 1 aromatic carbocycles. The van der Waals surface area contributed by atoms with E-state index in [1.165, 1.54) is 0 Å². The van der Waals surface area contributed by atoms with Crippen molar-refractivity contribution in [3.8, 4) is 5.75 Å². The van der Waals surface area contributed by atoms with Gasteiger partial charge in [-0.1, -0.05) is 12.1 Å². The summed E-state index contributed by atoms with van der Waals surface area (Å²) in [5, 5.41) is 6.68.